The summed E-state index contributed by atoms with van der Waals surface area (Å²) in [5.74, 6) is -3.64. The summed E-state index contributed by atoms with van der Waals surface area (Å²) in [7, 11) is 1.57. The zero-order chi connectivity index (χ0) is 24.3. The van der Waals surface area contributed by atoms with Crippen molar-refractivity contribution >= 4 is 52.1 Å². The van der Waals surface area contributed by atoms with Crippen molar-refractivity contribution in [2.24, 2.45) is 0 Å². The van der Waals surface area contributed by atoms with Crippen molar-refractivity contribution in [2.75, 3.05) is 16.8 Å². The molecule has 0 spiro atoms. The summed E-state index contributed by atoms with van der Waals surface area (Å²) in [6.45, 7) is 2.77. The van der Waals surface area contributed by atoms with Crippen LogP contribution in [0.5, 0.6) is 0 Å². The fourth-order valence-electron chi connectivity index (χ4n) is 3.40. The first-order chi connectivity index (χ1) is 15.5. The van der Waals surface area contributed by atoms with Crippen molar-refractivity contribution < 1.29 is 18.4 Å². The molecule has 2 amide bonds. The molecule has 33 heavy (non-hydrogen) atoms. The van der Waals surface area contributed by atoms with E-state index in [9.17, 15) is 18.4 Å². The molecule has 3 aromatic rings. The molecule has 3 aromatic carbocycles. The number of benzene rings is 3. The first-order valence-electron chi connectivity index (χ1n) is 10.2. The lowest BCUT2D eigenvalue weighted by Crippen LogP contribution is -2.27. The first kappa shape index (κ1) is 24.7. The van der Waals surface area contributed by atoms with Gasteiger partial charge in [0, 0.05) is 47.9 Å². The molecule has 0 saturated heterocycles. The zero-order valence-electron chi connectivity index (χ0n) is 18.3. The first-order valence-corrected chi connectivity index (χ1v) is 10.9. The van der Waals surface area contributed by atoms with Gasteiger partial charge in [-0.1, -0.05) is 48.3 Å². The van der Waals surface area contributed by atoms with Gasteiger partial charge in [-0.2, -0.15) is 0 Å². The van der Waals surface area contributed by atoms with Crippen LogP contribution >= 0.6 is 23.2 Å². The molecule has 0 aromatic heterocycles. The van der Waals surface area contributed by atoms with E-state index >= 15 is 0 Å². The lowest BCUT2D eigenvalue weighted by atomic mass is 10.1. The van der Waals surface area contributed by atoms with Crippen LogP contribution in [-0.2, 0) is 10.7 Å². The van der Waals surface area contributed by atoms with E-state index in [0.717, 1.165) is 0 Å². The van der Waals surface area contributed by atoms with Crippen molar-refractivity contribution in [3.8, 4) is 0 Å². The molecule has 0 fully saturated rings. The maximum Gasteiger partial charge on any atom is 0.273 e. The summed E-state index contributed by atoms with van der Waals surface area (Å²) in [5, 5.41) is 0.795. The predicted molar refractivity (Wildman–Crippen MR) is 129 cm³/mol. The smallest absolute Gasteiger partial charge is 0.273 e. The second-order valence-electron chi connectivity index (χ2n) is 7.47. The predicted octanol–water partition coefficient (Wildman–Crippen LogP) is 7.46. The lowest BCUT2D eigenvalue weighted by Gasteiger charge is -2.24. The molecule has 0 aliphatic heterocycles. The Morgan fingerprint density at radius 3 is 2.21 bits per heavy atom. The molecule has 172 valence electrons. The van der Waals surface area contributed by atoms with Crippen molar-refractivity contribution in [2.45, 2.75) is 26.2 Å². The fraction of sp³-hybridized carbons (Fsp3) is 0.200. The van der Waals surface area contributed by atoms with Crippen LogP contribution in [0.1, 0.15) is 36.2 Å². The lowest BCUT2D eigenvalue weighted by molar-refractivity contribution is -0.115. The molecule has 0 radical (unpaired) electrons. The molecule has 0 aliphatic rings. The van der Waals surface area contributed by atoms with E-state index < -0.39 is 5.92 Å². The van der Waals surface area contributed by atoms with Crippen LogP contribution in [0.3, 0.4) is 0 Å². The third-order valence-electron chi connectivity index (χ3n) is 5.23. The summed E-state index contributed by atoms with van der Waals surface area (Å²) < 4.78 is 27.9. The van der Waals surface area contributed by atoms with Crippen molar-refractivity contribution in [1.82, 2.24) is 0 Å². The summed E-state index contributed by atoms with van der Waals surface area (Å²) >= 11 is 12.3. The number of anilines is 3. The van der Waals surface area contributed by atoms with E-state index in [1.165, 1.54) is 47.9 Å². The van der Waals surface area contributed by atoms with Gasteiger partial charge in [0.25, 0.3) is 11.8 Å². The van der Waals surface area contributed by atoms with Gasteiger partial charge in [0.1, 0.15) is 0 Å². The Bertz CT molecular complexity index is 1180. The summed E-state index contributed by atoms with van der Waals surface area (Å²) in [6.07, 6.45) is -0.322. The number of carbonyl (C=O) groups excluding carboxylic acids is 2. The van der Waals surface area contributed by atoms with Gasteiger partial charge in [0.05, 0.1) is 10.7 Å². The Hall–Kier alpha value is -2.96. The number of rotatable bonds is 6. The van der Waals surface area contributed by atoms with Gasteiger partial charge in [0.2, 0.25) is 5.91 Å². The van der Waals surface area contributed by atoms with Gasteiger partial charge in [-0.3, -0.25) is 14.5 Å². The third-order valence-corrected chi connectivity index (χ3v) is 5.79. The number of hydrogen-bond acceptors (Lipinski definition) is 2. The normalized spacial score (nSPS) is 11.2. The molecule has 0 saturated carbocycles. The molecule has 0 atom stereocenters. The van der Waals surface area contributed by atoms with Crippen molar-refractivity contribution in [3.63, 3.8) is 0 Å². The highest BCUT2D eigenvalue weighted by molar-refractivity contribution is 6.36. The van der Waals surface area contributed by atoms with Crippen LogP contribution in [0.25, 0.3) is 0 Å². The molecule has 0 unspecified atom stereocenters. The molecular formula is C25H22Cl2F2N2O2. The van der Waals surface area contributed by atoms with Gasteiger partial charge >= 0.3 is 0 Å². The molecular weight excluding hydrogens is 469 g/mol. The Balaban J connectivity index is 1.95. The number of nitrogens with zero attached hydrogens (tertiary/aromatic N) is 2. The van der Waals surface area contributed by atoms with E-state index in [-0.39, 0.29) is 23.8 Å². The topological polar surface area (TPSA) is 40.6 Å². The molecule has 0 bridgehead atoms. The van der Waals surface area contributed by atoms with E-state index in [2.05, 4.69) is 0 Å². The quantitative estimate of drug-likeness (QED) is 0.359. The van der Waals surface area contributed by atoms with Crippen molar-refractivity contribution in [1.29, 1.82) is 0 Å². The van der Waals surface area contributed by atoms with Crippen LogP contribution < -0.4 is 9.80 Å². The van der Waals surface area contributed by atoms with Crippen LogP contribution in [0.2, 0.25) is 10.0 Å². The average Bonchev–Trinajstić information content (AvgIpc) is 2.80. The number of alkyl halides is 2. The number of carbonyl (C=O) groups is 2. The minimum Gasteiger partial charge on any atom is -0.310 e. The highest BCUT2D eigenvalue weighted by Crippen LogP contribution is 2.34. The zero-order valence-corrected chi connectivity index (χ0v) is 19.8. The maximum atomic E-state index is 14.0. The maximum absolute atomic E-state index is 14.0. The van der Waals surface area contributed by atoms with Crippen LogP contribution in [0.4, 0.5) is 25.8 Å². The molecule has 8 heteroatoms. The largest absolute Gasteiger partial charge is 0.310 e. The van der Waals surface area contributed by atoms with Gasteiger partial charge in [-0.15, -0.1) is 0 Å². The summed E-state index contributed by atoms with van der Waals surface area (Å²) in [5.41, 5.74) is 1.46. The highest BCUT2D eigenvalue weighted by atomic mass is 35.5. The third kappa shape index (κ3) is 5.34. The van der Waals surface area contributed by atoms with Crippen molar-refractivity contribution in [3.05, 3.63) is 87.9 Å². The number of amides is 2. The monoisotopic (exact) mass is 490 g/mol. The van der Waals surface area contributed by atoms with Gasteiger partial charge in [0.15, 0.2) is 0 Å². The molecule has 0 heterocycles. The van der Waals surface area contributed by atoms with E-state index in [0.29, 0.717) is 32.7 Å². The van der Waals surface area contributed by atoms with Crippen LogP contribution in [-0.4, -0.2) is 18.9 Å². The Morgan fingerprint density at radius 1 is 0.939 bits per heavy atom. The van der Waals surface area contributed by atoms with E-state index in [4.69, 9.17) is 23.2 Å². The molecule has 0 aliphatic carbocycles. The SMILES string of the molecule is CCC(F)(F)c1ccc(N(C(C)=O)c2cccc(C(=O)N(C)c3cc(Cl)ccc3Cl)c2)cc1. The second-order valence-corrected chi connectivity index (χ2v) is 8.31. The van der Waals surface area contributed by atoms with E-state index in [1.54, 1.807) is 49.5 Å². The Kier molecular flexibility index (Phi) is 7.40. The summed E-state index contributed by atoms with van der Waals surface area (Å²) in [4.78, 5) is 28.3. The van der Waals surface area contributed by atoms with Crippen LogP contribution in [0.15, 0.2) is 66.7 Å². The minimum absolute atomic E-state index is 0.124. The van der Waals surface area contributed by atoms with Gasteiger partial charge in [-0.25, -0.2) is 8.78 Å². The molecule has 3 rings (SSSR count). The van der Waals surface area contributed by atoms with Crippen LogP contribution in [0, 0.1) is 0 Å². The van der Waals surface area contributed by atoms with Gasteiger partial charge in [-0.05, 0) is 48.5 Å². The standard InChI is InChI=1S/C25H22Cl2F2N2O2/c1-4-25(28,29)18-8-11-20(12-9-18)31(16(2)32)21-7-5-6-17(14-21)24(33)30(3)23-15-19(26)10-13-22(23)27/h5-15H,4H2,1-3H3. The Morgan fingerprint density at radius 2 is 1.61 bits per heavy atom. The second kappa shape index (κ2) is 9.89. The number of hydrogen-bond donors (Lipinski definition) is 0. The minimum atomic E-state index is -2.95. The van der Waals surface area contributed by atoms with E-state index in [1.807, 2.05) is 0 Å². The average molecular weight is 491 g/mol. The molecule has 0 N–H and O–H groups in total. The fourth-order valence-corrected chi connectivity index (χ4v) is 3.81. The Labute approximate surface area is 201 Å². The summed E-state index contributed by atoms with van der Waals surface area (Å²) in [6, 6.07) is 16.8. The number of halogens is 4. The van der Waals surface area contributed by atoms with Gasteiger partial charge < -0.3 is 4.90 Å². The molecule has 4 nitrogen and oxygen atoms in total. The highest BCUT2D eigenvalue weighted by Gasteiger charge is 2.29.